The summed E-state index contributed by atoms with van der Waals surface area (Å²) in [5, 5.41) is 15.4. The van der Waals surface area contributed by atoms with E-state index in [1.54, 1.807) is 6.92 Å². The third kappa shape index (κ3) is 3.53. The van der Waals surface area contributed by atoms with Crippen molar-refractivity contribution in [1.82, 2.24) is 15.6 Å². The first-order valence-corrected chi connectivity index (χ1v) is 8.10. The van der Waals surface area contributed by atoms with Crippen LogP contribution in [0.4, 0.5) is 4.79 Å². The minimum absolute atomic E-state index is 0.177. The van der Waals surface area contributed by atoms with Gasteiger partial charge in [-0.2, -0.15) is 0 Å². The molecule has 7 heteroatoms. The van der Waals surface area contributed by atoms with Crippen LogP contribution in [0, 0.1) is 18.8 Å². The fourth-order valence-electron chi connectivity index (χ4n) is 2.62. The zero-order chi connectivity index (χ0) is 15.0. The van der Waals surface area contributed by atoms with Crippen molar-refractivity contribution in [3.8, 4) is 0 Å². The maximum absolute atomic E-state index is 12.0. The summed E-state index contributed by atoms with van der Waals surface area (Å²) in [7, 11) is 0. The zero-order valence-corrected chi connectivity index (χ0v) is 12.7. The molecule has 0 aliphatic heterocycles. The van der Waals surface area contributed by atoms with E-state index in [2.05, 4.69) is 15.6 Å². The maximum atomic E-state index is 12.0. The summed E-state index contributed by atoms with van der Waals surface area (Å²) in [6.45, 7) is 1.94. The number of thiazole rings is 1. The highest BCUT2D eigenvalue weighted by Crippen LogP contribution is 2.44. The van der Waals surface area contributed by atoms with E-state index in [0.717, 1.165) is 11.3 Å². The van der Waals surface area contributed by atoms with Crippen molar-refractivity contribution in [1.29, 1.82) is 0 Å². The number of nitrogens with one attached hydrogen (secondary N) is 2. The fraction of sp³-hybridized carbons (Fsp3) is 0.643. The molecule has 2 aliphatic carbocycles. The van der Waals surface area contributed by atoms with Gasteiger partial charge in [0.05, 0.1) is 12.2 Å². The number of rotatable bonds is 6. The Kier molecular flexibility index (Phi) is 3.84. The number of amides is 2. The Morgan fingerprint density at radius 3 is 2.43 bits per heavy atom. The summed E-state index contributed by atoms with van der Waals surface area (Å²) < 4.78 is 0. The van der Waals surface area contributed by atoms with Gasteiger partial charge in [-0.25, -0.2) is 14.6 Å². The molecule has 0 radical (unpaired) electrons. The minimum Gasteiger partial charge on any atom is -0.477 e. The van der Waals surface area contributed by atoms with Gasteiger partial charge in [0.25, 0.3) is 0 Å². The molecule has 6 nitrogen and oxygen atoms in total. The van der Waals surface area contributed by atoms with Crippen LogP contribution < -0.4 is 10.6 Å². The number of carboxylic acids is 1. The van der Waals surface area contributed by atoms with Crippen molar-refractivity contribution >= 4 is 23.3 Å². The second-order valence-electron chi connectivity index (χ2n) is 5.85. The maximum Gasteiger partial charge on any atom is 0.347 e. The number of carboxylic acid groups (broad SMARTS) is 1. The number of hydrogen-bond acceptors (Lipinski definition) is 4. The molecule has 0 unspecified atom stereocenters. The lowest BCUT2D eigenvalue weighted by molar-refractivity contribution is 0.0701. The third-order valence-electron chi connectivity index (χ3n) is 3.99. The molecule has 2 saturated carbocycles. The van der Waals surface area contributed by atoms with Crippen molar-refractivity contribution in [3.63, 3.8) is 0 Å². The van der Waals surface area contributed by atoms with Gasteiger partial charge in [0.2, 0.25) is 0 Å². The standard InChI is InChI=1S/C14H19N3O3S/c1-7-12(13(18)19)21-10(16-7)6-15-14(20)17-11(8-2-3-8)9-4-5-9/h8-9,11H,2-6H2,1H3,(H,18,19)(H2,15,17,20). The van der Waals surface area contributed by atoms with E-state index in [-0.39, 0.29) is 17.5 Å². The Morgan fingerprint density at radius 1 is 1.33 bits per heavy atom. The number of hydrogen-bond donors (Lipinski definition) is 3. The Bertz CT molecular complexity index is 552. The molecule has 0 atom stereocenters. The minimum atomic E-state index is -0.969. The van der Waals surface area contributed by atoms with Gasteiger partial charge in [-0.3, -0.25) is 0 Å². The molecule has 114 valence electrons. The van der Waals surface area contributed by atoms with Gasteiger partial charge in [0.15, 0.2) is 0 Å². The van der Waals surface area contributed by atoms with Crippen molar-refractivity contribution in [2.75, 3.05) is 0 Å². The molecule has 0 bridgehead atoms. The number of aromatic nitrogens is 1. The number of urea groups is 1. The van der Waals surface area contributed by atoms with Crippen LogP contribution in [0.5, 0.6) is 0 Å². The number of carbonyl (C=O) groups excluding carboxylic acids is 1. The van der Waals surface area contributed by atoms with Gasteiger partial charge < -0.3 is 15.7 Å². The van der Waals surface area contributed by atoms with E-state index in [1.807, 2.05) is 0 Å². The molecule has 1 aromatic rings. The molecular formula is C14H19N3O3S. The number of aromatic carboxylic acids is 1. The molecule has 0 saturated heterocycles. The number of aryl methyl sites for hydroxylation is 1. The second kappa shape index (κ2) is 5.63. The first kappa shape index (κ1) is 14.3. The van der Waals surface area contributed by atoms with E-state index < -0.39 is 5.97 Å². The molecule has 0 spiro atoms. The van der Waals surface area contributed by atoms with Gasteiger partial charge in [-0.05, 0) is 44.4 Å². The Hall–Kier alpha value is -1.63. The first-order chi connectivity index (χ1) is 10.0. The summed E-state index contributed by atoms with van der Waals surface area (Å²) in [5.74, 6) is 0.344. The molecule has 2 fully saturated rings. The second-order valence-corrected chi connectivity index (χ2v) is 6.94. The highest BCUT2D eigenvalue weighted by Gasteiger charge is 2.42. The number of nitrogens with zero attached hydrogens (tertiary/aromatic N) is 1. The molecule has 0 aromatic carbocycles. The monoisotopic (exact) mass is 309 g/mol. The third-order valence-corrected chi connectivity index (χ3v) is 5.14. The summed E-state index contributed by atoms with van der Waals surface area (Å²) in [5.41, 5.74) is 0.499. The van der Waals surface area contributed by atoms with Crippen molar-refractivity contribution in [2.45, 2.75) is 45.2 Å². The van der Waals surface area contributed by atoms with Crippen LogP contribution in [-0.2, 0) is 6.54 Å². The van der Waals surface area contributed by atoms with Crippen LogP contribution in [0.2, 0.25) is 0 Å². The Balaban J connectivity index is 1.51. The summed E-state index contributed by atoms with van der Waals surface area (Å²) >= 11 is 1.11. The molecule has 2 amide bonds. The van der Waals surface area contributed by atoms with Crippen molar-refractivity contribution in [3.05, 3.63) is 15.6 Å². The average molecular weight is 309 g/mol. The average Bonchev–Trinajstić information content (AvgIpc) is 3.32. The summed E-state index contributed by atoms with van der Waals surface area (Å²) in [4.78, 5) is 27.3. The Labute approximate surface area is 127 Å². The van der Waals surface area contributed by atoms with E-state index >= 15 is 0 Å². The van der Waals surface area contributed by atoms with Crippen LogP contribution >= 0.6 is 11.3 Å². The molecule has 2 aliphatic rings. The van der Waals surface area contributed by atoms with Crippen LogP contribution in [0.1, 0.15) is 46.1 Å². The van der Waals surface area contributed by atoms with Crippen molar-refractivity contribution < 1.29 is 14.7 Å². The SMILES string of the molecule is Cc1nc(CNC(=O)NC(C2CC2)C2CC2)sc1C(=O)O. The summed E-state index contributed by atoms with van der Waals surface area (Å²) in [6.07, 6.45) is 4.87. The first-order valence-electron chi connectivity index (χ1n) is 7.28. The summed E-state index contributed by atoms with van der Waals surface area (Å²) in [6, 6.07) is 0.140. The van der Waals surface area contributed by atoms with Crippen LogP contribution in [0.15, 0.2) is 0 Å². The molecule has 3 N–H and O–H groups in total. The van der Waals surface area contributed by atoms with E-state index in [4.69, 9.17) is 5.11 Å². The smallest absolute Gasteiger partial charge is 0.347 e. The lowest BCUT2D eigenvalue weighted by atomic mass is 10.1. The lowest BCUT2D eigenvalue weighted by Gasteiger charge is -2.17. The zero-order valence-electron chi connectivity index (χ0n) is 11.9. The van der Waals surface area contributed by atoms with E-state index in [9.17, 15) is 9.59 Å². The van der Waals surface area contributed by atoms with E-state index in [1.165, 1.54) is 25.7 Å². The molecule has 21 heavy (non-hydrogen) atoms. The van der Waals surface area contributed by atoms with Crippen molar-refractivity contribution in [2.24, 2.45) is 11.8 Å². The molecule has 1 heterocycles. The normalized spacial score (nSPS) is 17.8. The molecule has 3 rings (SSSR count). The highest BCUT2D eigenvalue weighted by atomic mass is 32.1. The van der Waals surface area contributed by atoms with Crippen LogP contribution in [-0.4, -0.2) is 28.1 Å². The van der Waals surface area contributed by atoms with Crippen LogP contribution in [0.25, 0.3) is 0 Å². The van der Waals surface area contributed by atoms with Gasteiger partial charge in [-0.1, -0.05) is 0 Å². The fourth-order valence-corrected chi connectivity index (χ4v) is 3.46. The van der Waals surface area contributed by atoms with E-state index in [0.29, 0.717) is 28.6 Å². The predicted molar refractivity (Wildman–Crippen MR) is 78.4 cm³/mol. The predicted octanol–water partition coefficient (Wildman–Crippen LogP) is 2.14. The number of carbonyl (C=O) groups is 2. The lowest BCUT2D eigenvalue weighted by Crippen LogP contribution is -2.44. The van der Waals surface area contributed by atoms with Gasteiger partial charge in [-0.15, -0.1) is 11.3 Å². The van der Waals surface area contributed by atoms with Gasteiger partial charge in [0, 0.05) is 6.04 Å². The van der Waals surface area contributed by atoms with Crippen LogP contribution in [0.3, 0.4) is 0 Å². The topological polar surface area (TPSA) is 91.3 Å². The molecule has 1 aromatic heterocycles. The highest BCUT2D eigenvalue weighted by molar-refractivity contribution is 7.13. The quantitative estimate of drug-likeness (QED) is 0.751. The molecular weight excluding hydrogens is 290 g/mol. The van der Waals surface area contributed by atoms with Gasteiger partial charge >= 0.3 is 12.0 Å². The largest absolute Gasteiger partial charge is 0.477 e. The Morgan fingerprint density at radius 2 is 1.95 bits per heavy atom. The van der Waals surface area contributed by atoms with Gasteiger partial charge in [0.1, 0.15) is 9.88 Å².